The predicted molar refractivity (Wildman–Crippen MR) is 65.2 cm³/mol. The van der Waals surface area contributed by atoms with Crippen molar-refractivity contribution in [3.8, 4) is 0 Å². The summed E-state index contributed by atoms with van der Waals surface area (Å²) in [4.78, 5) is 5.28. The number of thiazole rings is 1. The van der Waals surface area contributed by atoms with Gasteiger partial charge in [0.25, 0.3) is 0 Å². The van der Waals surface area contributed by atoms with Crippen LogP contribution in [0.3, 0.4) is 0 Å². The number of nitrogens with zero attached hydrogens (tertiary/aromatic N) is 1. The lowest BCUT2D eigenvalue weighted by Crippen LogP contribution is -2.15. The largest absolute Gasteiger partial charge is 0.247 e. The second kappa shape index (κ2) is 3.93. The monoisotopic (exact) mass is 273 g/mol. The van der Waals surface area contributed by atoms with Crippen LogP contribution in [0.2, 0.25) is 0 Å². The van der Waals surface area contributed by atoms with Gasteiger partial charge in [0.05, 0.1) is 10.7 Å². The number of hydrogen-bond donors (Lipinski definition) is 0. The first-order chi connectivity index (χ1) is 6.57. The van der Waals surface area contributed by atoms with E-state index in [-0.39, 0.29) is 0 Å². The Bertz CT molecular complexity index is 323. The third-order valence-electron chi connectivity index (χ3n) is 3.05. The summed E-state index contributed by atoms with van der Waals surface area (Å²) < 4.78 is 0. The second-order valence-electron chi connectivity index (χ2n) is 4.69. The molecule has 1 aromatic heterocycles. The molecule has 0 bridgehead atoms. The minimum atomic E-state index is 0.481. The van der Waals surface area contributed by atoms with E-state index >= 15 is 0 Å². The first-order valence-corrected chi connectivity index (χ1v) is 6.92. The van der Waals surface area contributed by atoms with Crippen LogP contribution in [0.4, 0.5) is 0 Å². The van der Waals surface area contributed by atoms with Crippen molar-refractivity contribution in [2.24, 2.45) is 5.41 Å². The molecule has 0 amide bonds. The van der Waals surface area contributed by atoms with Gasteiger partial charge in [-0.05, 0) is 38.0 Å². The molecule has 1 aromatic rings. The molecule has 1 fully saturated rings. The molecule has 78 valence electrons. The maximum absolute atomic E-state index is 4.55. The van der Waals surface area contributed by atoms with Crippen molar-refractivity contribution in [2.75, 3.05) is 0 Å². The van der Waals surface area contributed by atoms with Crippen LogP contribution in [0.15, 0.2) is 5.38 Å². The van der Waals surface area contributed by atoms with E-state index in [9.17, 15) is 0 Å². The molecular weight excluding hydrogens is 258 g/mol. The van der Waals surface area contributed by atoms with Crippen LogP contribution in [-0.4, -0.2) is 9.81 Å². The molecule has 0 aliphatic heterocycles. The molecule has 0 N–H and O–H groups in total. The Hall–Kier alpha value is 0.110. The molecule has 0 saturated heterocycles. The van der Waals surface area contributed by atoms with E-state index in [1.807, 2.05) is 0 Å². The molecule has 1 heterocycles. The molecular formula is C11H16BrNS. The normalized spacial score (nSPS) is 32.4. The fourth-order valence-corrected chi connectivity index (χ4v) is 3.95. The van der Waals surface area contributed by atoms with Crippen molar-refractivity contribution >= 4 is 27.3 Å². The molecule has 0 radical (unpaired) electrons. The number of rotatable bonds is 2. The lowest BCUT2D eigenvalue weighted by Gasteiger charge is -2.22. The minimum absolute atomic E-state index is 0.481. The van der Waals surface area contributed by atoms with Crippen molar-refractivity contribution in [2.45, 2.75) is 44.4 Å². The predicted octanol–water partition coefficient (Wildman–Crippen LogP) is 3.95. The third kappa shape index (κ3) is 2.37. The summed E-state index contributed by atoms with van der Waals surface area (Å²) in [6.07, 6.45) is 5.10. The van der Waals surface area contributed by atoms with Crippen molar-refractivity contribution in [3.05, 3.63) is 16.1 Å². The Morgan fingerprint density at radius 2 is 2.50 bits per heavy atom. The zero-order chi connectivity index (χ0) is 10.2. The van der Waals surface area contributed by atoms with E-state index < -0.39 is 0 Å². The van der Waals surface area contributed by atoms with Gasteiger partial charge >= 0.3 is 0 Å². The lowest BCUT2D eigenvalue weighted by atomic mass is 9.84. The van der Waals surface area contributed by atoms with Gasteiger partial charge in [-0.1, -0.05) is 22.9 Å². The zero-order valence-corrected chi connectivity index (χ0v) is 11.1. The standard InChI is InChI=1S/C11H16BrNS/c1-8-13-10(7-14-8)6-11(2)4-3-9(12)5-11/h7,9H,3-6H2,1-2H3. The topological polar surface area (TPSA) is 12.9 Å². The molecule has 14 heavy (non-hydrogen) atoms. The van der Waals surface area contributed by atoms with E-state index in [0.717, 1.165) is 11.2 Å². The SMILES string of the molecule is Cc1nc(CC2(C)CCC(Br)C2)cs1. The van der Waals surface area contributed by atoms with E-state index in [1.54, 1.807) is 11.3 Å². The van der Waals surface area contributed by atoms with Crippen LogP contribution >= 0.6 is 27.3 Å². The van der Waals surface area contributed by atoms with E-state index in [0.29, 0.717) is 5.41 Å². The highest BCUT2D eigenvalue weighted by Crippen LogP contribution is 2.43. The van der Waals surface area contributed by atoms with Gasteiger partial charge in [0.2, 0.25) is 0 Å². The van der Waals surface area contributed by atoms with Gasteiger partial charge in [-0.15, -0.1) is 11.3 Å². The van der Waals surface area contributed by atoms with Gasteiger partial charge in [0.1, 0.15) is 0 Å². The highest BCUT2D eigenvalue weighted by atomic mass is 79.9. The Labute approximate surface area is 98.1 Å². The van der Waals surface area contributed by atoms with Crippen LogP contribution in [0.25, 0.3) is 0 Å². The quantitative estimate of drug-likeness (QED) is 0.744. The van der Waals surface area contributed by atoms with Gasteiger partial charge in [-0.2, -0.15) is 0 Å². The maximum atomic E-state index is 4.55. The molecule has 2 atom stereocenters. The molecule has 1 saturated carbocycles. The molecule has 2 unspecified atom stereocenters. The second-order valence-corrected chi connectivity index (χ2v) is 7.04. The Balaban J connectivity index is 2.03. The minimum Gasteiger partial charge on any atom is -0.247 e. The molecule has 0 aromatic carbocycles. The lowest BCUT2D eigenvalue weighted by molar-refractivity contribution is 0.333. The van der Waals surface area contributed by atoms with Crippen molar-refractivity contribution < 1.29 is 0 Å². The molecule has 1 nitrogen and oxygen atoms in total. The van der Waals surface area contributed by atoms with Gasteiger partial charge in [0.15, 0.2) is 0 Å². The highest BCUT2D eigenvalue weighted by molar-refractivity contribution is 9.09. The maximum Gasteiger partial charge on any atom is 0.0897 e. The van der Waals surface area contributed by atoms with Crippen LogP contribution in [-0.2, 0) is 6.42 Å². The summed E-state index contributed by atoms with van der Waals surface area (Å²) in [7, 11) is 0. The fourth-order valence-electron chi connectivity index (χ4n) is 2.33. The van der Waals surface area contributed by atoms with Gasteiger partial charge in [-0.25, -0.2) is 4.98 Å². The number of alkyl halides is 1. The fraction of sp³-hybridized carbons (Fsp3) is 0.727. The van der Waals surface area contributed by atoms with Crippen LogP contribution in [0.1, 0.15) is 36.9 Å². The first kappa shape index (κ1) is 10.6. The first-order valence-electron chi connectivity index (χ1n) is 5.12. The van der Waals surface area contributed by atoms with E-state index in [2.05, 4.69) is 40.1 Å². The molecule has 1 aliphatic carbocycles. The number of aryl methyl sites for hydroxylation is 1. The summed E-state index contributed by atoms with van der Waals surface area (Å²) in [5.74, 6) is 0. The average molecular weight is 274 g/mol. The Morgan fingerprint density at radius 1 is 1.71 bits per heavy atom. The van der Waals surface area contributed by atoms with Crippen LogP contribution in [0.5, 0.6) is 0 Å². The molecule has 1 aliphatic rings. The Morgan fingerprint density at radius 3 is 3.00 bits per heavy atom. The summed E-state index contributed by atoms with van der Waals surface area (Å²) >= 11 is 5.48. The summed E-state index contributed by atoms with van der Waals surface area (Å²) in [5.41, 5.74) is 1.77. The van der Waals surface area contributed by atoms with Crippen LogP contribution < -0.4 is 0 Å². The number of aromatic nitrogens is 1. The van der Waals surface area contributed by atoms with Gasteiger partial charge < -0.3 is 0 Å². The molecule has 0 spiro atoms. The average Bonchev–Trinajstić information content (AvgIpc) is 2.60. The van der Waals surface area contributed by atoms with Crippen molar-refractivity contribution in [1.29, 1.82) is 0 Å². The van der Waals surface area contributed by atoms with E-state index in [1.165, 1.54) is 30.0 Å². The van der Waals surface area contributed by atoms with Crippen molar-refractivity contribution in [1.82, 2.24) is 4.98 Å². The smallest absolute Gasteiger partial charge is 0.0897 e. The zero-order valence-electron chi connectivity index (χ0n) is 8.72. The third-order valence-corrected chi connectivity index (χ3v) is 4.65. The Kier molecular flexibility index (Phi) is 2.98. The van der Waals surface area contributed by atoms with Gasteiger partial charge in [-0.3, -0.25) is 0 Å². The molecule has 3 heteroatoms. The number of hydrogen-bond acceptors (Lipinski definition) is 2. The van der Waals surface area contributed by atoms with Crippen molar-refractivity contribution in [3.63, 3.8) is 0 Å². The van der Waals surface area contributed by atoms with E-state index in [4.69, 9.17) is 0 Å². The summed E-state index contributed by atoms with van der Waals surface area (Å²) in [5, 5.41) is 3.40. The molecule has 2 rings (SSSR count). The van der Waals surface area contributed by atoms with Crippen LogP contribution in [0, 0.1) is 12.3 Å². The summed E-state index contributed by atoms with van der Waals surface area (Å²) in [6.45, 7) is 4.47. The highest BCUT2D eigenvalue weighted by Gasteiger charge is 2.34. The van der Waals surface area contributed by atoms with Gasteiger partial charge in [0, 0.05) is 10.2 Å². The number of halogens is 1. The summed E-state index contributed by atoms with van der Waals surface area (Å²) in [6, 6.07) is 0.